The average Bonchev–Trinajstić information content (AvgIpc) is 2.44. The number of nitrogens with zero attached hydrogens (tertiary/aromatic N) is 1. The van der Waals surface area contributed by atoms with Gasteiger partial charge in [0.05, 0.1) is 5.41 Å². The number of amides is 1. The molecule has 5 aliphatic rings. The van der Waals surface area contributed by atoms with Crippen molar-refractivity contribution in [3.05, 3.63) is 0 Å². The highest BCUT2D eigenvalue weighted by molar-refractivity contribution is 5.83. The van der Waals surface area contributed by atoms with E-state index in [0.29, 0.717) is 16.7 Å². The number of carbonyl (C=O) groups is 1. The fourth-order valence-electron chi connectivity index (χ4n) is 7.40. The van der Waals surface area contributed by atoms with Crippen molar-refractivity contribution in [3.63, 3.8) is 0 Å². The highest BCUT2D eigenvalue weighted by atomic mass is 16.2. The number of likely N-dealkylation sites (tertiary alicyclic amines) is 1. The summed E-state index contributed by atoms with van der Waals surface area (Å²) in [5, 5.41) is 3.34. The van der Waals surface area contributed by atoms with Gasteiger partial charge in [-0.15, -0.1) is 0 Å². The molecule has 4 saturated carbocycles. The van der Waals surface area contributed by atoms with Crippen LogP contribution in [0.1, 0.15) is 71.6 Å². The van der Waals surface area contributed by atoms with Crippen molar-refractivity contribution >= 4 is 5.91 Å². The van der Waals surface area contributed by atoms with Crippen LogP contribution < -0.4 is 5.32 Å². The molecular formula is C20H34N2O. The van der Waals surface area contributed by atoms with Gasteiger partial charge in [0.2, 0.25) is 5.91 Å². The minimum Gasteiger partial charge on any atom is -0.354 e. The molecule has 1 N–H and O–H groups in total. The third-order valence-corrected chi connectivity index (χ3v) is 7.27. The van der Waals surface area contributed by atoms with Gasteiger partial charge in [0.1, 0.15) is 0 Å². The number of hydrogen-bond acceptors (Lipinski definition) is 2. The van der Waals surface area contributed by atoms with Gasteiger partial charge in [-0.25, -0.2) is 0 Å². The Morgan fingerprint density at radius 2 is 1.65 bits per heavy atom. The molecule has 0 aromatic rings. The molecule has 5 fully saturated rings. The fourth-order valence-corrected chi connectivity index (χ4v) is 7.40. The zero-order valence-electron chi connectivity index (χ0n) is 15.1. The summed E-state index contributed by atoms with van der Waals surface area (Å²) in [7, 11) is 0. The molecule has 0 radical (unpaired) electrons. The van der Waals surface area contributed by atoms with Crippen LogP contribution in [0.5, 0.6) is 0 Å². The Balaban J connectivity index is 1.38. The molecule has 0 aromatic heterocycles. The molecule has 0 spiro atoms. The monoisotopic (exact) mass is 318 g/mol. The second-order valence-electron chi connectivity index (χ2n) is 10.1. The van der Waals surface area contributed by atoms with E-state index in [2.05, 4.69) is 24.1 Å². The average molecular weight is 319 g/mol. The Bertz CT molecular complexity index is 464. The molecule has 130 valence electrons. The standard InChI is InChI=1S/C20H34N2O/c1-18-10-16-11-19(2,13-18)15-20(12-16,14-18)17(23)21-6-9-22-7-4-3-5-8-22/h16H,3-15H2,1-2H3,(H,21,23)/t16?,18-,19-,20?/m0/s1. The summed E-state index contributed by atoms with van der Waals surface area (Å²) >= 11 is 0. The topological polar surface area (TPSA) is 32.3 Å². The first-order valence-corrected chi connectivity index (χ1v) is 9.91. The largest absolute Gasteiger partial charge is 0.354 e. The summed E-state index contributed by atoms with van der Waals surface area (Å²) in [6, 6.07) is 0. The lowest BCUT2D eigenvalue weighted by Crippen LogP contribution is -2.60. The Hall–Kier alpha value is -0.570. The summed E-state index contributed by atoms with van der Waals surface area (Å²) < 4.78 is 0. The van der Waals surface area contributed by atoms with Crippen LogP contribution in [-0.2, 0) is 4.79 Å². The van der Waals surface area contributed by atoms with Gasteiger partial charge < -0.3 is 10.2 Å². The van der Waals surface area contributed by atoms with Crippen molar-refractivity contribution < 1.29 is 4.79 Å². The van der Waals surface area contributed by atoms with Crippen molar-refractivity contribution in [1.29, 1.82) is 0 Å². The fraction of sp³-hybridized carbons (Fsp3) is 0.950. The van der Waals surface area contributed by atoms with Gasteiger partial charge in [0.25, 0.3) is 0 Å². The third-order valence-electron chi connectivity index (χ3n) is 7.27. The Morgan fingerprint density at radius 1 is 1.00 bits per heavy atom. The van der Waals surface area contributed by atoms with Crippen molar-refractivity contribution in [2.75, 3.05) is 26.2 Å². The Kier molecular flexibility index (Phi) is 3.79. The van der Waals surface area contributed by atoms with Crippen molar-refractivity contribution in [2.45, 2.75) is 71.6 Å². The number of carbonyl (C=O) groups excluding carboxylic acids is 1. The molecule has 1 heterocycles. The molecular weight excluding hydrogens is 284 g/mol. The van der Waals surface area contributed by atoms with Crippen LogP contribution in [0.4, 0.5) is 0 Å². The summed E-state index contributed by atoms with van der Waals surface area (Å²) in [6.45, 7) is 9.23. The molecule has 2 atom stereocenters. The molecule has 0 unspecified atom stereocenters. The highest BCUT2D eigenvalue weighted by Gasteiger charge is 2.62. The summed E-state index contributed by atoms with van der Waals surface area (Å²) in [5.41, 5.74) is 0.821. The van der Waals surface area contributed by atoms with Crippen LogP contribution in [0.15, 0.2) is 0 Å². The quantitative estimate of drug-likeness (QED) is 0.859. The molecule has 5 rings (SSSR count). The van der Waals surface area contributed by atoms with E-state index in [1.54, 1.807) is 0 Å². The second-order valence-corrected chi connectivity index (χ2v) is 10.1. The molecule has 0 aromatic carbocycles. The minimum atomic E-state index is -0.0369. The van der Waals surface area contributed by atoms with Crippen LogP contribution in [-0.4, -0.2) is 37.0 Å². The lowest BCUT2D eigenvalue weighted by atomic mass is 9.40. The van der Waals surface area contributed by atoms with Crippen molar-refractivity contribution in [2.24, 2.45) is 22.2 Å². The van der Waals surface area contributed by atoms with Crippen molar-refractivity contribution in [1.82, 2.24) is 10.2 Å². The highest BCUT2D eigenvalue weighted by Crippen LogP contribution is 2.69. The normalized spacial score (nSPS) is 46.1. The zero-order valence-corrected chi connectivity index (χ0v) is 15.1. The van der Waals surface area contributed by atoms with E-state index >= 15 is 0 Å². The minimum absolute atomic E-state index is 0.0369. The number of rotatable bonds is 4. The van der Waals surface area contributed by atoms with Crippen molar-refractivity contribution in [3.8, 4) is 0 Å². The molecule has 4 bridgehead atoms. The summed E-state index contributed by atoms with van der Waals surface area (Å²) in [6.07, 6.45) is 11.6. The first-order valence-electron chi connectivity index (χ1n) is 9.91. The maximum atomic E-state index is 13.1. The van der Waals surface area contributed by atoms with Crippen LogP contribution in [0, 0.1) is 22.2 Å². The van der Waals surface area contributed by atoms with Gasteiger partial charge in [0, 0.05) is 13.1 Å². The van der Waals surface area contributed by atoms with E-state index < -0.39 is 0 Å². The van der Waals surface area contributed by atoms with Gasteiger partial charge in [-0.05, 0) is 81.2 Å². The molecule has 4 aliphatic carbocycles. The molecule has 1 aliphatic heterocycles. The van der Waals surface area contributed by atoms with E-state index in [4.69, 9.17) is 0 Å². The van der Waals surface area contributed by atoms with Crippen LogP contribution in [0.2, 0.25) is 0 Å². The van der Waals surface area contributed by atoms with Crippen LogP contribution in [0.25, 0.3) is 0 Å². The predicted octanol–water partition coefficient (Wildman–Crippen LogP) is 3.59. The molecule has 1 saturated heterocycles. The SMILES string of the molecule is C[C@@]12CC3CC(C(=O)NCCN4CCCCC4)(C1)C[C@@](C)(C3)C2. The number of hydrogen-bond donors (Lipinski definition) is 1. The van der Waals surface area contributed by atoms with E-state index in [1.165, 1.54) is 51.6 Å². The Labute approximate surface area is 141 Å². The summed E-state index contributed by atoms with van der Waals surface area (Å²) in [4.78, 5) is 15.6. The van der Waals surface area contributed by atoms with E-state index in [-0.39, 0.29) is 5.41 Å². The molecule has 3 nitrogen and oxygen atoms in total. The first-order chi connectivity index (χ1) is 10.9. The summed E-state index contributed by atoms with van der Waals surface area (Å²) in [5.74, 6) is 1.19. The van der Waals surface area contributed by atoms with Gasteiger partial charge >= 0.3 is 0 Å². The Morgan fingerprint density at radius 3 is 2.26 bits per heavy atom. The van der Waals surface area contributed by atoms with E-state index in [1.807, 2.05) is 0 Å². The molecule has 1 amide bonds. The van der Waals surface area contributed by atoms with Crippen LogP contribution in [0.3, 0.4) is 0 Å². The lowest BCUT2D eigenvalue weighted by molar-refractivity contribution is -0.170. The smallest absolute Gasteiger partial charge is 0.226 e. The third kappa shape index (κ3) is 2.94. The van der Waals surface area contributed by atoms with Gasteiger partial charge in [-0.3, -0.25) is 4.79 Å². The predicted molar refractivity (Wildman–Crippen MR) is 93.1 cm³/mol. The van der Waals surface area contributed by atoms with Gasteiger partial charge in [0.15, 0.2) is 0 Å². The molecule has 23 heavy (non-hydrogen) atoms. The van der Waals surface area contributed by atoms with Gasteiger partial charge in [-0.2, -0.15) is 0 Å². The molecule has 3 heteroatoms. The maximum absolute atomic E-state index is 13.1. The maximum Gasteiger partial charge on any atom is 0.226 e. The van der Waals surface area contributed by atoms with E-state index in [9.17, 15) is 4.79 Å². The lowest BCUT2D eigenvalue weighted by Gasteiger charge is -2.64. The number of piperidine rings is 1. The van der Waals surface area contributed by atoms with E-state index in [0.717, 1.165) is 38.3 Å². The first kappa shape index (κ1) is 15.9. The zero-order chi connectivity index (χ0) is 16.1. The van der Waals surface area contributed by atoms with Gasteiger partial charge in [-0.1, -0.05) is 20.3 Å². The second kappa shape index (κ2) is 5.47. The van der Waals surface area contributed by atoms with Crippen LogP contribution >= 0.6 is 0 Å². The number of nitrogens with one attached hydrogen (secondary N) is 1.